The molecule has 1 atom stereocenters. The Morgan fingerprint density at radius 1 is 0.923 bits per heavy atom. The van der Waals surface area contributed by atoms with E-state index >= 15 is 0 Å². The Hall–Kier alpha value is -2.10. The number of aliphatic carboxylic acids is 1. The van der Waals surface area contributed by atoms with Crippen LogP contribution in [-0.4, -0.2) is 85.2 Å². The average molecular weight is 580 g/mol. The molecule has 15 heteroatoms. The molecule has 0 aliphatic carbocycles. The standard InChI is InChI=1S/C24H46BN3O10S/c1-20(2,3)35-18(31)27-39(33,34)26-16-24(17(29)30,28(11)19(32)36-21(4,5)6)14-12-13-15-25-37-22(7,8)23(9,10)38-25/h26H,12-16H2,1-11H3,(H,27,31)(H,29,30). The van der Waals surface area contributed by atoms with Gasteiger partial charge in [0.2, 0.25) is 0 Å². The minimum absolute atomic E-state index is 0.132. The number of ether oxygens (including phenoxy) is 2. The van der Waals surface area contributed by atoms with Crippen molar-refractivity contribution in [1.29, 1.82) is 0 Å². The van der Waals surface area contributed by atoms with Crippen LogP contribution < -0.4 is 9.44 Å². The van der Waals surface area contributed by atoms with Gasteiger partial charge >= 0.3 is 35.5 Å². The van der Waals surface area contributed by atoms with Crippen LogP contribution in [0.3, 0.4) is 0 Å². The lowest BCUT2D eigenvalue weighted by atomic mass is 9.80. The van der Waals surface area contributed by atoms with Gasteiger partial charge in [-0.1, -0.05) is 12.8 Å². The predicted octanol–water partition coefficient (Wildman–Crippen LogP) is 3.30. The lowest BCUT2D eigenvalue weighted by Gasteiger charge is -2.39. The molecular weight excluding hydrogens is 533 g/mol. The first-order valence-electron chi connectivity index (χ1n) is 12.9. The SMILES string of the molecule is CN(C(=O)OC(C)(C)C)C(CCCCB1OC(C)(C)C(C)(C)O1)(CNS(=O)(=O)NC(=O)OC(C)(C)C)C(=O)O. The molecule has 2 amide bonds. The Bertz CT molecular complexity index is 989. The second kappa shape index (κ2) is 12.2. The number of nitrogens with zero attached hydrogens (tertiary/aromatic N) is 1. The Labute approximate surface area is 233 Å². The smallest absolute Gasteiger partial charge is 0.457 e. The van der Waals surface area contributed by atoms with E-state index in [0.29, 0.717) is 12.7 Å². The highest BCUT2D eigenvalue weighted by atomic mass is 32.2. The van der Waals surface area contributed by atoms with Crippen LogP contribution in [-0.2, 0) is 33.8 Å². The number of hydrogen-bond donors (Lipinski definition) is 3. The van der Waals surface area contributed by atoms with E-state index in [0.717, 1.165) is 4.90 Å². The van der Waals surface area contributed by atoms with Gasteiger partial charge in [0.1, 0.15) is 11.2 Å². The van der Waals surface area contributed by atoms with E-state index in [1.54, 1.807) is 46.3 Å². The summed E-state index contributed by atoms with van der Waals surface area (Å²) in [5.74, 6) is -1.45. The molecule has 1 aliphatic rings. The number of carboxylic acid groups (broad SMARTS) is 1. The average Bonchev–Trinajstić information content (AvgIpc) is 2.89. The van der Waals surface area contributed by atoms with Crippen LogP contribution >= 0.6 is 0 Å². The summed E-state index contributed by atoms with van der Waals surface area (Å²) in [5.41, 5.74) is -4.96. The summed E-state index contributed by atoms with van der Waals surface area (Å²) in [6.45, 7) is 16.5. The van der Waals surface area contributed by atoms with Gasteiger partial charge in [0.25, 0.3) is 0 Å². The molecule has 1 saturated heterocycles. The Balaban J connectivity index is 3.08. The van der Waals surface area contributed by atoms with E-state index in [1.165, 1.54) is 7.05 Å². The van der Waals surface area contributed by atoms with Gasteiger partial charge in [-0.3, -0.25) is 4.90 Å². The van der Waals surface area contributed by atoms with E-state index in [9.17, 15) is 27.9 Å². The Kier molecular flexibility index (Phi) is 10.9. The quantitative estimate of drug-likeness (QED) is 0.244. The Morgan fingerprint density at radius 3 is 1.85 bits per heavy atom. The third kappa shape index (κ3) is 10.4. The zero-order chi connectivity index (χ0) is 30.7. The number of carbonyl (C=O) groups is 3. The zero-order valence-corrected chi connectivity index (χ0v) is 25.9. The van der Waals surface area contributed by atoms with Crippen LogP contribution in [0.25, 0.3) is 0 Å². The number of likely N-dealkylation sites (N-methyl/N-ethyl adjacent to an activating group) is 1. The van der Waals surface area contributed by atoms with Crippen LogP contribution in [0, 0.1) is 0 Å². The van der Waals surface area contributed by atoms with Crippen molar-refractivity contribution in [3.63, 3.8) is 0 Å². The van der Waals surface area contributed by atoms with Crippen LogP contribution in [0.4, 0.5) is 9.59 Å². The first-order chi connectivity index (χ1) is 17.3. The van der Waals surface area contributed by atoms with Crippen molar-refractivity contribution >= 4 is 35.5 Å². The fraction of sp³-hybridized carbons (Fsp3) is 0.875. The van der Waals surface area contributed by atoms with Gasteiger partial charge < -0.3 is 23.9 Å². The number of unbranched alkanes of at least 4 members (excludes halogenated alkanes) is 1. The second-order valence-electron chi connectivity index (χ2n) is 12.7. The van der Waals surface area contributed by atoms with Crippen molar-refractivity contribution in [2.45, 2.75) is 123 Å². The highest BCUT2D eigenvalue weighted by Crippen LogP contribution is 2.38. The van der Waals surface area contributed by atoms with Gasteiger partial charge in [-0.25, -0.2) is 19.1 Å². The maximum atomic E-state index is 12.9. The van der Waals surface area contributed by atoms with Crippen LogP contribution in [0.1, 0.15) is 88.5 Å². The minimum atomic E-state index is -4.54. The molecule has 0 radical (unpaired) electrons. The molecule has 226 valence electrons. The van der Waals surface area contributed by atoms with Crippen LogP contribution in [0.15, 0.2) is 0 Å². The third-order valence-corrected chi connectivity index (χ3v) is 7.42. The van der Waals surface area contributed by atoms with Gasteiger partial charge in [-0.2, -0.15) is 13.1 Å². The summed E-state index contributed by atoms with van der Waals surface area (Å²) in [6, 6.07) is 0. The maximum absolute atomic E-state index is 12.9. The summed E-state index contributed by atoms with van der Waals surface area (Å²) >= 11 is 0. The van der Waals surface area contributed by atoms with Gasteiger partial charge in [-0.05, 0) is 82.0 Å². The molecular formula is C24H46BN3O10S. The van der Waals surface area contributed by atoms with Crippen LogP contribution in [0.2, 0.25) is 6.32 Å². The molecule has 0 saturated carbocycles. The monoisotopic (exact) mass is 579 g/mol. The molecule has 13 nitrogen and oxygen atoms in total. The molecule has 0 aromatic rings. The zero-order valence-electron chi connectivity index (χ0n) is 25.1. The number of carbonyl (C=O) groups excluding carboxylic acids is 2. The van der Waals surface area contributed by atoms with Crippen molar-refractivity contribution in [2.24, 2.45) is 0 Å². The first-order valence-corrected chi connectivity index (χ1v) is 14.4. The number of amides is 2. The van der Waals surface area contributed by atoms with E-state index in [2.05, 4.69) is 4.72 Å². The molecule has 1 rings (SSSR count). The first kappa shape index (κ1) is 34.9. The highest BCUT2D eigenvalue weighted by molar-refractivity contribution is 7.88. The second-order valence-corrected chi connectivity index (χ2v) is 14.2. The molecule has 1 aliphatic heterocycles. The van der Waals surface area contributed by atoms with E-state index < -0.39 is 70.0 Å². The predicted molar refractivity (Wildman–Crippen MR) is 145 cm³/mol. The van der Waals surface area contributed by atoms with E-state index in [1.807, 2.05) is 27.7 Å². The summed E-state index contributed by atoms with van der Waals surface area (Å²) in [6.07, 6.45) is -1.10. The van der Waals surface area contributed by atoms with Crippen molar-refractivity contribution < 1.29 is 46.7 Å². The molecule has 0 aromatic carbocycles. The topological polar surface area (TPSA) is 170 Å². The molecule has 0 spiro atoms. The largest absolute Gasteiger partial charge is 0.479 e. The van der Waals surface area contributed by atoms with Gasteiger partial charge in [-0.15, -0.1) is 0 Å². The normalized spacial score (nSPS) is 18.7. The van der Waals surface area contributed by atoms with Crippen LogP contribution in [0.5, 0.6) is 0 Å². The van der Waals surface area contributed by atoms with Crippen molar-refractivity contribution in [1.82, 2.24) is 14.3 Å². The molecule has 1 heterocycles. The summed E-state index contributed by atoms with van der Waals surface area (Å²) in [7, 11) is -3.80. The fourth-order valence-corrected chi connectivity index (χ4v) is 4.44. The third-order valence-electron chi connectivity index (χ3n) is 6.46. The number of nitrogens with one attached hydrogen (secondary N) is 2. The van der Waals surface area contributed by atoms with Gasteiger partial charge in [0.15, 0.2) is 5.54 Å². The Morgan fingerprint density at radius 2 is 1.41 bits per heavy atom. The van der Waals surface area contributed by atoms with Crippen molar-refractivity contribution in [3.8, 4) is 0 Å². The highest BCUT2D eigenvalue weighted by Gasteiger charge is 2.51. The van der Waals surface area contributed by atoms with Gasteiger partial charge in [0.05, 0.1) is 11.2 Å². The molecule has 0 aromatic heterocycles. The molecule has 0 bridgehead atoms. The minimum Gasteiger partial charge on any atom is -0.479 e. The lowest BCUT2D eigenvalue weighted by Crippen LogP contribution is -2.62. The summed E-state index contributed by atoms with van der Waals surface area (Å²) < 4.78 is 51.2. The summed E-state index contributed by atoms with van der Waals surface area (Å²) in [5, 5.41) is 10.3. The van der Waals surface area contributed by atoms with Gasteiger partial charge in [0, 0.05) is 13.6 Å². The molecule has 1 unspecified atom stereocenters. The van der Waals surface area contributed by atoms with Crippen molar-refractivity contribution in [2.75, 3.05) is 13.6 Å². The summed E-state index contributed by atoms with van der Waals surface area (Å²) in [4.78, 5) is 38.4. The molecule has 3 N–H and O–H groups in total. The molecule has 39 heavy (non-hydrogen) atoms. The van der Waals surface area contributed by atoms with E-state index in [-0.39, 0.29) is 12.8 Å². The lowest BCUT2D eigenvalue weighted by molar-refractivity contribution is -0.150. The van der Waals surface area contributed by atoms with Crippen molar-refractivity contribution in [3.05, 3.63) is 0 Å². The van der Waals surface area contributed by atoms with E-state index in [4.69, 9.17) is 18.8 Å². The molecule has 1 fully saturated rings. The fourth-order valence-electron chi connectivity index (χ4n) is 3.68. The number of rotatable bonds is 11. The maximum Gasteiger partial charge on any atom is 0.457 e. The number of carboxylic acids is 1. The number of hydrogen-bond acceptors (Lipinski definition) is 9.